The molecule has 0 bridgehead atoms. The van der Waals surface area contributed by atoms with E-state index in [0.29, 0.717) is 11.3 Å². The zero-order valence-electron chi connectivity index (χ0n) is 12.0. The number of nitrogens with zero attached hydrogens (tertiary/aromatic N) is 4. The Balaban J connectivity index is 1.77. The monoisotopic (exact) mass is 322 g/mol. The lowest BCUT2D eigenvalue weighted by Crippen LogP contribution is -2.21. The molecule has 0 aliphatic carbocycles. The average molecular weight is 322 g/mol. The Morgan fingerprint density at radius 2 is 2.00 bits per heavy atom. The summed E-state index contributed by atoms with van der Waals surface area (Å²) in [4.78, 5) is 6.75. The highest BCUT2D eigenvalue weighted by atomic mass is 32.2. The molecule has 0 unspecified atom stereocenters. The van der Waals surface area contributed by atoms with E-state index in [9.17, 15) is 8.42 Å². The molecule has 0 saturated heterocycles. The van der Waals surface area contributed by atoms with E-state index in [4.69, 9.17) is 9.25 Å². The molecule has 0 amide bonds. The number of sulfonamides is 1. The van der Waals surface area contributed by atoms with Crippen LogP contribution in [-0.2, 0) is 16.6 Å². The van der Waals surface area contributed by atoms with Gasteiger partial charge < -0.3 is 9.25 Å². The zero-order valence-corrected chi connectivity index (χ0v) is 12.8. The van der Waals surface area contributed by atoms with Gasteiger partial charge in [0.2, 0.25) is 5.09 Å². The van der Waals surface area contributed by atoms with Gasteiger partial charge in [0.05, 0.1) is 0 Å². The first-order valence-corrected chi connectivity index (χ1v) is 7.87. The molecule has 1 aromatic carbocycles. The highest BCUT2D eigenvalue weighted by Gasteiger charge is 2.21. The molecule has 3 aromatic rings. The van der Waals surface area contributed by atoms with E-state index in [0.717, 1.165) is 9.82 Å². The van der Waals surface area contributed by atoms with Crippen molar-refractivity contribution in [3.8, 4) is 0 Å². The van der Waals surface area contributed by atoms with Gasteiger partial charge in [0, 0.05) is 14.1 Å². The van der Waals surface area contributed by atoms with Crippen LogP contribution in [0.3, 0.4) is 0 Å². The number of rotatable bonds is 5. The Bertz CT molecular complexity index is 898. The molecular weight excluding hydrogens is 308 g/mol. The molecule has 0 saturated carbocycles. The van der Waals surface area contributed by atoms with Crippen molar-refractivity contribution in [3.63, 3.8) is 0 Å². The van der Waals surface area contributed by atoms with Crippen molar-refractivity contribution < 1.29 is 17.7 Å². The Morgan fingerprint density at radius 1 is 1.23 bits per heavy atom. The van der Waals surface area contributed by atoms with Gasteiger partial charge in [-0.1, -0.05) is 17.0 Å². The van der Waals surface area contributed by atoms with E-state index in [1.165, 1.54) is 25.0 Å². The average Bonchev–Trinajstić information content (AvgIpc) is 3.12. The van der Waals surface area contributed by atoms with Crippen molar-refractivity contribution in [2.75, 3.05) is 14.1 Å². The zero-order chi connectivity index (χ0) is 15.7. The topological polar surface area (TPSA) is 90.5 Å². The fraction of sp³-hybridized carbons (Fsp3) is 0.231. The molecule has 116 valence electrons. The summed E-state index contributed by atoms with van der Waals surface area (Å²) in [7, 11) is -0.706. The molecule has 0 radical (unpaired) electrons. The molecule has 3 rings (SSSR count). The smallest absolute Gasteiger partial charge is 0.275 e. The van der Waals surface area contributed by atoms with Crippen LogP contribution in [0.5, 0.6) is 0 Å². The standard InChI is InChI=1S/C13H14N4O4S/c1-16(2)22(18,19)13-8-7-10(21-13)9-20-17-12-6-4-3-5-11(12)14-15-17/h3-8H,9H2,1-2H3. The van der Waals surface area contributed by atoms with E-state index >= 15 is 0 Å². The lowest BCUT2D eigenvalue weighted by molar-refractivity contribution is 0.0622. The van der Waals surface area contributed by atoms with E-state index < -0.39 is 10.0 Å². The second kappa shape index (κ2) is 5.43. The third-order valence-corrected chi connectivity index (χ3v) is 4.71. The summed E-state index contributed by atoms with van der Waals surface area (Å²) in [5, 5.41) is 7.70. The Morgan fingerprint density at radius 3 is 2.77 bits per heavy atom. The van der Waals surface area contributed by atoms with E-state index in [-0.39, 0.29) is 11.7 Å². The molecule has 0 spiro atoms. The van der Waals surface area contributed by atoms with Gasteiger partial charge in [-0.2, -0.15) is 0 Å². The molecule has 0 aliphatic rings. The van der Waals surface area contributed by atoms with Gasteiger partial charge in [-0.3, -0.25) is 0 Å². The number of furan rings is 1. The van der Waals surface area contributed by atoms with Gasteiger partial charge in [-0.15, -0.1) is 5.10 Å². The largest absolute Gasteiger partial charge is 0.444 e. The summed E-state index contributed by atoms with van der Waals surface area (Å²) >= 11 is 0. The summed E-state index contributed by atoms with van der Waals surface area (Å²) in [6, 6.07) is 10.3. The first kappa shape index (κ1) is 14.5. The maximum absolute atomic E-state index is 11.9. The van der Waals surface area contributed by atoms with Crippen LogP contribution < -0.4 is 4.84 Å². The van der Waals surface area contributed by atoms with Gasteiger partial charge in [-0.05, 0) is 29.5 Å². The van der Waals surface area contributed by atoms with Gasteiger partial charge in [0.1, 0.15) is 16.8 Å². The summed E-state index contributed by atoms with van der Waals surface area (Å²) in [5.41, 5.74) is 1.42. The van der Waals surface area contributed by atoms with Gasteiger partial charge in [0.15, 0.2) is 6.61 Å². The molecule has 9 heteroatoms. The maximum Gasteiger partial charge on any atom is 0.275 e. The van der Waals surface area contributed by atoms with Crippen molar-refractivity contribution in [3.05, 3.63) is 42.2 Å². The molecule has 22 heavy (non-hydrogen) atoms. The third-order valence-electron chi connectivity index (χ3n) is 3.02. The van der Waals surface area contributed by atoms with Crippen LogP contribution in [0.1, 0.15) is 5.76 Å². The van der Waals surface area contributed by atoms with Crippen LogP contribution in [0, 0.1) is 0 Å². The predicted octanol–water partition coefficient (Wildman–Crippen LogP) is 0.903. The summed E-state index contributed by atoms with van der Waals surface area (Å²) < 4.78 is 30.2. The summed E-state index contributed by atoms with van der Waals surface area (Å²) in [6.07, 6.45) is 0. The lowest BCUT2D eigenvalue weighted by Gasteiger charge is -2.07. The molecule has 2 aromatic heterocycles. The SMILES string of the molecule is CN(C)S(=O)(=O)c1ccc(COn2nnc3ccccc32)o1. The van der Waals surface area contributed by atoms with E-state index in [1.54, 1.807) is 6.07 Å². The lowest BCUT2D eigenvalue weighted by atomic mass is 10.3. The molecule has 8 nitrogen and oxygen atoms in total. The number of para-hydroxylation sites is 1. The van der Waals surface area contributed by atoms with E-state index in [2.05, 4.69) is 10.3 Å². The van der Waals surface area contributed by atoms with Crippen molar-refractivity contribution in [1.82, 2.24) is 19.5 Å². The fourth-order valence-corrected chi connectivity index (χ4v) is 2.63. The van der Waals surface area contributed by atoms with Crippen LogP contribution in [0.2, 0.25) is 0 Å². The summed E-state index contributed by atoms with van der Waals surface area (Å²) in [5.74, 6) is 0.375. The van der Waals surface area contributed by atoms with Gasteiger partial charge in [0.25, 0.3) is 10.0 Å². The molecule has 0 N–H and O–H groups in total. The normalized spacial score (nSPS) is 12.1. The molecule has 0 aliphatic heterocycles. The third kappa shape index (κ3) is 2.55. The van der Waals surface area contributed by atoms with Gasteiger partial charge in [-0.25, -0.2) is 12.7 Å². The Labute approximate surface area is 126 Å². The highest BCUT2D eigenvalue weighted by Crippen LogP contribution is 2.17. The van der Waals surface area contributed by atoms with Crippen molar-refractivity contribution in [2.45, 2.75) is 11.7 Å². The van der Waals surface area contributed by atoms with Crippen LogP contribution in [0.25, 0.3) is 11.0 Å². The minimum Gasteiger partial charge on any atom is -0.444 e. The Kier molecular flexibility index (Phi) is 3.59. The number of benzene rings is 1. The maximum atomic E-state index is 11.9. The van der Waals surface area contributed by atoms with Gasteiger partial charge >= 0.3 is 0 Å². The predicted molar refractivity (Wildman–Crippen MR) is 77.4 cm³/mol. The quantitative estimate of drug-likeness (QED) is 0.693. The number of hydrogen-bond acceptors (Lipinski definition) is 6. The second-order valence-corrected chi connectivity index (χ2v) is 6.82. The molecule has 0 fully saturated rings. The van der Waals surface area contributed by atoms with Crippen LogP contribution in [-0.4, -0.2) is 42.0 Å². The van der Waals surface area contributed by atoms with Crippen LogP contribution >= 0.6 is 0 Å². The van der Waals surface area contributed by atoms with Crippen molar-refractivity contribution in [2.24, 2.45) is 0 Å². The molecule has 0 atom stereocenters. The summed E-state index contributed by atoms with van der Waals surface area (Å²) in [6.45, 7) is 0.0380. The number of aromatic nitrogens is 3. The first-order valence-electron chi connectivity index (χ1n) is 6.43. The highest BCUT2D eigenvalue weighted by molar-refractivity contribution is 7.88. The minimum atomic E-state index is -3.59. The van der Waals surface area contributed by atoms with E-state index in [1.807, 2.05) is 24.3 Å². The minimum absolute atomic E-state index is 0.0380. The van der Waals surface area contributed by atoms with Crippen molar-refractivity contribution >= 4 is 21.1 Å². The van der Waals surface area contributed by atoms with Crippen molar-refractivity contribution in [1.29, 1.82) is 0 Å². The number of hydrogen-bond donors (Lipinski definition) is 0. The molecule has 2 heterocycles. The second-order valence-electron chi connectivity index (χ2n) is 4.73. The number of fused-ring (bicyclic) bond motifs is 1. The van der Waals surface area contributed by atoms with Crippen LogP contribution in [0.4, 0.5) is 0 Å². The van der Waals surface area contributed by atoms with Crippen LogP contribution in [0.15, 0.2) is 45.9 Å². The Hall–Kier alpha value is -2.39. The molecular formula is C13H14N4O4S. The fourth-order valence-electron chi connectivity index (χ4n) is 1.82. The first-order chi connectivity index (χ1) is 10.5.